The van der Waals surface area contributed by atoms with E-state index in [4.69, 9.17) is 16.2 Å². The molecule has 0 aromatic carbocycles. The Morgan fingerprint density at radius 2 is 2.25 bits per heavy atom. The molecule has 2 atom stereocenters. The highest BCUT2D eigenvalue weighted by molar-refractivity contribution is 5.85. The number of hydrogen-bond donors (Lipinski definition) is 2. The molecule has 0 bridgehead atoms. The molecule has 1 amide bonds. The van der Waals surface area contributed by atoms with Gasteiger partial charge in [0.05, 0.1) is 12.7 Å². The van der Waals surface area contributed by atoms with E-state index in [0.29, 0.717) is 13.2 Å². The van der Waals surface area contributed by atoms with Crippen LogP contribution in [0.3, 0.4) is 0 Å². The molecule has 2 unspecified atom stereocenters. The molecule has 1 saturated carbocycles. The quantitative estimate of drug-likeness (QED) is 0.665. The van der Waals surface area contributed by atoms with Crippen molar-refractivity contribution in [3.05, 3.63) is 0 Å². The average Bonchev–Trinajstić information content (AvgIpc) is 3.00. The number of carbonyl (C=O) groups is 1. The summed E-state index contributed by atoms with van der Waals surface area (Å²) in [4.78, 5) is 13.7. The van der Waals surface area contributed by atoms with E-state index in [-0.39, 0.29) is 17.9 Å². The third kappa shape index (κ3) is 2.36. The maximum absolute atomic E-state index is 11.5. The summed E-state index contributed by atoms with van der Waals surface area (Å²) in [5.74, 6) is -0.0858. The topological polar surface area (TPSA) is 81.6 Å². The largest absolute Gasteiger partial charge is 0.376 e. The highest BCUT2D eigenvalue weighted by Gasteiger charge is 2.47. The Bertz CT molecular complexity index is 280. The molecule has 1 aliphatic carbocycles. The van der Waals surface area contributed by atoms with Crippen LogP contribution in [0.4, 0.5) is 0 Å². The molecule has 0 aromatic heterocycles. The number of carbonyl (C=O) groups excluding carboxylic acids is 1. The van der Waals surface area contributed by atoms with Gasteiger partial charge in [-0.15, -0.1) is 0 Å². The van der Waals surface area contributed by atoms with Gasteiger partial charge in [-0.05, 0) is 25.7 Å². The van der Waals surface area contributed by atoms with E-state index < -0.39 is 5.54 Å². The summed E-state index contributed by atoms with van der Waals surface area (Å²) in [7, 11) is 0. The predicted molar refractivity (Wildman–Crippen MR) is 60.7 cm³/mol. The molecule has 2 aliphatic rings. The molecular weight excluding hydrogens is 206 g/mol. The van der Waals surface area contributed by atoms with E-state index >= 15 is 0 Å². The molecule has 16 heavy (non-hydrogen) atoms. The van der Waals surface area contributed by atoms with Crippen molar-refractivity contribution in [2.24, 2.45) is 17.4 Å². The first-order chi connectivity index (χ1) is 7.52. The second kappa shape index (κ2) is 4.31. The van der Waals surface area contributed by atoms with Crippen molar-refractivity contribution < 1.29 is 9.53 Å². The van der Waals surface area contributed by atoms with Gasteiger partial charge in [-0.25, -0.2) is 0 Å². The van der Waals surface area contributed by atoms with Gasteiger partial charge in [-0.3, -0.25) is 9.69 Å². The van der Waals surface area contributed by atoms with Gasteiger partial charge in [-0.2, -0.15) is 0 Å². The van der Waals surface area contributed by atoms with E-state index in [1.54, 1.807) is 0 Å². The number of morpholine rings is 1. The molecule has 2 rings (SSSR count). The van der Waals surface area contributed by atoms with Gasteiger partial charge in [-0.1, -0.05) is 0 Å². The van der Waals surface area contributed by atoms with Gasteiger partial charge in [0.25, 0.3) is 0 Å². The average molecular weight is 227 g/mol. The first-order valence-electron chi connectivity index (χ1n) is 5.95. The SMILES string of the molecule is CC1CN(CC(N)(C(N)=O)C2CC2)CCO1. The molecule has 1 heterocycles. The van der Waals surface area contributed by atoms with Crippen LogP contribution in [-0.2, 0) is 9.53 Å². The van der Waals surface area contributed by atoms with Crippen LogP contribution in [0.25, 0.3) is 0 Å². The molecular formula is C11H21N3O2. The van der Waals surface area contributed by atoms with Crippen LogP contribution >= 0.6 is 0 Å². The number of primary amides is 1. The van der Waals surface area contributed by atoms with Gasteiger partial charge >= 0.3 is 0 Å². The summed E-state index contributed by atoms with van der Waals surface area (Å²) in [5.41, 5.74) is 10.8. The highest BCUT2D eigenvalue weighted by Crippen LogP contribution is 2.38. The minimum absolute atomic E-state index is 0.213. The molecule has 5 heteroatoms. The molecule has 0 spiro atoms. The lowest BCUT2D eigenvalue weighted by Gasteiger charge is -2.37. The van der Waals surface area contributed by atoms with Crippen molar-refractivity contribution in [2.75, 3.05) is 26.2 Å². The van der Waals surface area contributed by atoms with E-state index in [0.717, 1.165) is 25.9 Å². The van der Waals surface area contributed by atoms with Crippen molar-refractivity contribution in [3.8, 4) is 0 Å². The fourth-order valence-electron chi connectivity index (χ4n) is 2.41. The lowest BCUT2D eigenvalue weighted by atomic mass is 9.92. The third-order valence-corrected chi connectivity index (χ3v) is 3.58. The van der Waals surface area contributed by atoms with E-state index in [1.807, 2.05) is 6.92 Å². The second-order valence-corrected chi connectivity index (χ2v) is 5.10. The fourth-order valence-corrected chi connectivity index (χ4v) is 2.41. The number of amides is 1. The van der Waals surface area contributed by atoms with Crippen LogP contribution in [0, 0.1) is 5.92 Å². The van der Waals surface area contributed by atoms with Crippen LogP contribution in [-0.4, -0.2) is 48.7 Å². The number of rotatable bonds is 4. The molecule has 1 saturated heterocycles. The predicted octanol–water partition coefficient (Wildman–Crippen LogP) is -0.700. The normalized spacial score (nSPS) is 31.0. The Balaban J connectivity index is 1.97. The van der Waals surface area contributed by atoms with Crippen LogP contribution in [0.5, 0.6) is 0 Å². The minimum atomic E-state index is -0.836. The number of hydrogen-bond acceptors (Lipinski definition) is 4. The zero-order chi connectivity index (χ0) is 11.8. The number of ether oxygens (including phenoxy) is 1. The maximum atomic E-state index is 11.5. The summed E-state index contributed by atoms with van der Waals surface area (Å²) in [6.45, 7) is 4.98. The molecule has 2 fully saturated rings. The Hall–Kier alpha value is -0.650. The van der Waals surface area contributed by atoms with E-state index in [2.05, 4.69) is 4.90 Å². The van der Waals surface area contributed by atoms with Crippen molar-refractivity contribution >= 4 is 5.91 Å². The zero-order valence-corrected chi connectivity index (χ0v) is 9.82. The summed E-state index contributed by atoms with van der Waals surface area (Å²) in [6.07, 6.45) is 2.27. The van der Waals surface area contributed by atoms with E-state index in [9.17, 15) is 4.79 Å². The van der Waals surface area contributed by atoms with Crippen molar-refractivity contribution in [2.45, 2.75) is 31.4 Å². The van der Waals surface area contributed by atoms with Crippen LogP contribution in [0.2, 0.25) is 0 Å². The molecule has 5 nitrogen and oxygen atoms in total. The van der Waals surface area contributed by atoms with Gasteiger partial charge < -0.3 is 16.2 Å². The smallest absolute Gasteiger partial charge is 0.239 e. The molecule has 92 valence electrons. The lowest BCUT2D eigenvalue weighted by molar-refractivity contribution is -0.125. The third-order valence-electron chi connectivity index (χ3n) is 3.58. The van der Waals surface area contributed by atoms with Crippen LogP contribution in [0.15, 0.2) is 0 Å². The summed E-state index contributed by atoms with van der Waals surface area (Å²) >= 11 is 0. The van der Waals surface area contributed by atoms with Crippen LogP contribution in [0.1, 0.15) is 19.8 Å². The first-order valence-corrected chi connectivity index (χ1v) is 5.95. The zero-order valence-electron chi connectivity index (χ0n) is 9.82. The van der Waals surface area contributed by atoms with E-state index in [1.165, 1.54) is 0 Å². The highest BCUT2D eigenvalue weighted by atomic mass is 16.5. The summed E-state index contributed by atoms with van der Waals surface area (Å²) in [6, 6.07) is 0. The first kappa shape index (κ1) is 11.8. The molecule has 0 radical (unpaired) electrons. The minimum Gasteiger partial charge on any atom is -0.376 e. The summed E-state index contributed by atoms with van der Waals surface area (Å²) < 4.78 is 5.46. The van der Waals surface area contributed by atoms with Gasteiger partial charge in [0.1, 0.15) is 5.54 Å². The Morgan fingerprint density at radius 1 is 1.56 bits per heavy atom. The Labute approximate surface area is 96.1 Å². The summed E-state index contributed by atoms with van der Waals surface area (Å²) in [5, 5.41) is 0. The van der Waals surface area contributed by atoms with Crippen LogP contribution < -0.4 is 11.5 Å². The van der Waals surface area contributed by atoms with Gasteiger partial charge in [0.2, 0.25) is 5.91 Å². The standard InChI is InChI=1S/C11H21N3O2/c1-8-6-14(4-5-16-8)7-11(13,10(12)15)9-2-3-9/h8-9H,2-7,13H2,1H3,(H2,12,15). The van der Waals surface area contributed by atoms with Gasteiger partial charge in [0.15, 0.2) is 0 Å². The van der Waals surface area contributed by atoms with Crippen molar-refractivity contribution in [1.29, 1.82) is 0 Å². The molecule has 0 aromatic rings. The fraction of sp³-hybridized carbons (Fsp3) is 0.909. The number of nitrogens with two attached hydrogens (primary N) is 2. The Kier molecular flexibility index (Phi) is 3.19. The Morgan fingerprint density at radius 3 is 2.75 bits per heavy atom. The monoisotopic (exact) mass is 227 g/mol. The second-order valence-electron chi connectivity index (χ2n) is 5.10. The lowest BCUT2D eigenvalue weighted by Crippen LogP contribution is -2.62. The number of nitrogens with zero attached hydrogens (tertiary/aromatic N) is 1. The van der Waals surface area contributed by atoms with Gasteiger partial charge in [0, 0.05) is 19.6 Å². The molecule has 4 N–H and O–H groups in total. The van der Waals surface area contributed by atoms with Crippen molar-refractivity contribution in [3.63, 3.8) is 0 Å². The molecule has 1 aliphatic heterocycles. The van der Waals surface area contributed by atoms with Crippen molar-refractivity contribution in [1.82, 2.24) is 4.90 Å². The maximum Gasteiger partial charge on any atom is 0.239 e.